The average Bonchev–Trinajstić information content (AvgIpc) is 2.58. The molecular formula is C6H10N4S. The Kier molecular flexibility index (Phi) is 2.07. The van der Waals surface area contributed by atoms with Crippen LogP contribution in [-0.2, 0) is 0 Å². The van der Waals surface area contributed by atoms with Gasteiger partial charge in [0.05, 0.1) is 5.25 Å². The molecular weight excluding hydrogens is 160 g/mol. The van der Waals surface area contributed by atoms with Crippen LogP contribution < -0.4 is 0 Å². The fourth-order valence-corrected chi connectivity index (χ4v) is 2.49. The zero-order valence-electron chi connectivity index (χ0n) is 6.16. The normalized spacial score (nSPS) is 25.3. The highest BCUT2D eigenvalue weighted by Crippen LogP contribution is 2.35. The second-order valence-electron chi connectivity index (χ2n) is 2.63. The zero-order chi connectivity index (χ0) is 7.52. The smallest absolute Gasteiger partial charge is 0.177 e. The molecule has 0 bridgehead atoms. The number of nitrogens with one attached hydrogen (secondary N) is 1. The first-order valence-corrected chi connectivity index (χ1v) is 4.86. The number of hydrogen-bond acceptors (Lipinski definition) is 4. The molecule has 11 heavy (non-hydrogen) atoms. The van der Waals surface area contributed by atoms with Crippen molar-refractivity contribution in [3.63, 3.8) is 0 Å². The fourth-order valence-electron chi connectivity index (χ4n) is 1.25. The number of H-pyrrole nitrogens is 1. The monoisotopic (exact) mass is 170 g/mol. The molecule has 4 nitrogen and oxygen atoms in total. The lowest BCUT2D eigenvalue weighted by atomic mass is 10.2. The molecule has 0 radical (unpaired) electrons. The maximum absolute atomic E-state index is 3.97. The van der Waals surface area contributed by atoms with Gasteiger partial charge in [0, 0.05) is 0 Å². The number of rotatable bonds is 1. The maximum atomic E-state index is 3.97. The summed E-state index contributed by atoms with van der Waals surface area (Å²) >= 11 is 1.94. The van der Waals surface area contributed by atoms with Crippen molar-refractivity contribution in [1.82, 2.24) is 20.6 Å². The number of hydrogen-bond donors (Lipinski definition) is 1. The number of tetrazole rings is 1. The van der Waals surface area contributed by atoms with E-state index in [4.69, 9.17) is 0 Å². The van der Waals surface area contributed by atoms with Gasteiger partial charge in [-0.3, -0.25) is 0 Å². The van der Waals surface area contributed by atoms with E-state index in [0.29, 0.717) is 5.25 Å². The van der Waals surface area contributed by atoms with Gasteiger partial charge in [0.25, 0.3) is 0 Å². The summed E-state index contributed by atoms with van der Waals surface area (Å²) in [6.07, 6.45) is 3.83. The molecule has 5 heteroatoms. The predicted molar refractivity (Wildman–Crippen MR) is 43.2 cm³/mol. The van der Waals surface area contributed by atoms with Crippen molar-refractivity contribution in [2.45, 2.75) is 24.5 Å². The molecule has 1 N–H and O–H groups in total. The topological polar surface area (TPSA) is 54.5 Å². The van der Waals surface area contributed by atoms with Crippen LogP contribution in [0.25, 0.3) is 0 Å². The van der Waals surface area contributed by atoms with Crippen LogP contribution in [0.3, 0.4) is 0 Å². The van der Waals surface area contributed by atoms with Crippen molar-refractivity contribution in [2.75, 3.05) is 5.75 Å². The summed E-state index contributed by atoms with van der Waals surface area (Å²) in [5.41, 5.74) is 0. The van der Waals surface area contributed by atoms with E-state index in [1.807, 2.05) is 11.8 Å². The molecule has 2 heterocycles. The molecule has 1 fully saturated rings. The Hall–Kier alpha value is -0.580. The van der Waals surface area contributed by atoms with Gasteiger partial charge in [-0.1, -0.05) is 11.6 Å². The number of thioether (sulfide) groups is 1. The van der Waals surface area contributed by atoms with Gasteiger partial charge in [-0.05, 0) is 18.6 Å². The van der Waals surface area contributed by atoms with E-state index in [0.717, 1.165) is 5.82 Å². The lowest BCUT2D eigenvalue weighted by Crippen LogP contribution is -2.03. The third-order valence-corrected chi connectivity index (χ3v) is 3.20. The van der Waals surface area contributed by atoms with Crippen LogP contribution >= 0.6 is 11.8 Å². The molecule has 1 aliphatic heterocycles. The van der Waals surface area contributed by atoms with Gasteiger partial charge in [-0.15, -0.1) is 10.2 Å². The van der Waals surface area contributed by atoms with Crippen LogP contribution in [0.15, 0.2) is 0 Å². The molecule has 1 aromatic heterocycles. The Morgan fingerprint density at radius 1 is 1.45 bits per heavy atom. The molecule has 1 saturated heterocycles. The quantitative estimate of drug-likeness (QED) is 0.687. The Bertz CT molecular complexity index is 204. The number of aromatic amines is 1. The van der Waals surface area contributed by atoms with Crippen molar-refractivity contribution in [2.24, 2.45) is 0 Å². The predicted octanol–water partition coefficient (Wildman–Crippen LogP) is 1.16. The van der Waals surface area contributed by atoms with E-state index in [1.165, 1.54) is 25.0 Å². The standard InChI is InChI=1S/C6H10N4S/c1-2-4-11-5(3-1)6-7-9-10-8-6/h5H,1-4H2,(H,7,8,9,10). The van der Waals surface area contributed by atoms with Crippen LogP contribution in [0, 0.1) is 0 Å². The summed E-state index contributed by atoms with van der Waals surface area (Å²) in [6, 6.07) is 0. The minimum absolute atomic E-state index is 0.488. The van der Waals surface area contributed by atoms with Gasteiger partial charge in [0.2, 0.25) is 0 Å². The third kappa shape index (κ3) is 1.53. The lowest BCUT2D eigenvalue weighted by molar-refractivity contribution is 0.663. The molecule has 0 saturated carbocycles. The Morgan fingerprint density at radius 3 is 3.09 bits per heavy atom. The first-order chi connectivity index (χ1) is 5.47. The molecule has 0 amide bonds. The molecule has 0 spiro atoms. The van der Waals surface area contributed by atoms with Crippen LogP contribution in [0.2, 0.25) is 0 Å². The summed E-state index contributed by atoms with van der Waals surface area (Å²) in [5.74, 6) is 2.11. The molecule has 1 aliphatic rings. The lowest BCUT2D eigenvalue weighted by Gasteiger charge is -2.17. The van der Waals surface area contributed by atoms with E-state index >= 15 is 0 Å². The second-order valence-corrected chi connectivity index (χ2v) is 3.94. The van der Waals surface area contributed by atoms with Crippen LogP contribution in [0.5, 0.6) is 0 Å². The molecule has 1 atom stereocenters. The Labute approximate surface area is 69.1 Å². The summed E-state index contributed by atoms with van der Waals surface area (Å²) in [6.45, 7) is 0. The van der Waals surface area contributed by atoms with Crippen LogP contribution in [0.4, 0.5) is 0 Å². The van der Waals surface area contributed by atoms with E-state index < -0.39 is 0 Å². The first-order valence-electron chi connectivity index (χ1n) is 3.82. The molecule has 0 aliphatic carbocycles. The molecule has 1 unspecified atom stereocenters. The zero-order valence-corrected chi connectivity index (χ0v) is 6.97. The largest absolute Gasteiger partial charge is 0.187 e. The van der Waals surface area contributed by atoms with E-state index in [9.17, 15) is 0 Å². The van der Waals surface area contributed by atoms with Crippen molar-refractivity contribution >= 4 is 11.8 Å². The molecule has 2 rings (SSSR count). The number of aromatic nitrogens is 4. The summed E-state index contributed by atoms with van der Waals surface area (Å²) in [5, 5.41) is 14.5. The van der Waals surface area contributed by atoms with Gasteiger partial charge in [0.15, 0.2) is 5.82 Å². The summed E-state index contributed by atoms with van der Waals surface area (Å²) in [7, 11) is 0. The van der Waals surface area contributed by atoms with Crippen LogP contribution in [-0.4, -0.2) is 26.4 Å². The van der Waals surface area contributed by atoms with Crippen molar-refractivity contribution in [3.05, 3.63) is 5.82 Å². The second kappa shape index (κ2) is 3.21. The summed E-state index contributed by atoms with van der Waals surface area (Å²) in [4.78, 5) is 0. The van der Waals surface area contributed by atoms with E-state index in [2.05, 4.69) is 20.6 Å². The number of nitrogens with zero attached hydrogens (tertiary/aromatic N) is 3. The Balaban J connectivity index is 2.04. The van der Waals surface area contributed by atoms with Crippen molar-refractivity contribution in [1.29, 1.82) is 0 Å². The molecule has 0 aromatic carbocycles. The highest BCUT2D eigenvalue weighted by molar-refractivity contribution is 7.99. The maximum Gasteiger partial charge on any atom is 0.187 e. The first kappa shape index (κ1) is 7.09. The minimum atomic E-state index is 0.488. The third-order valence-electron chi connectivity index (χ3n) is 1.83. The van der Waals surface area contributed by atoms with Crippen molar-refractivity contribution in [3.8, 4) is 0 Å². The molecule has 1 aromatic rings. The van der Waals surface area contributed by atoms with Crippen LogP contribution in [0.1, 0.15) is 30.3 Å². The van der Waals surface area contributed by atoms with Crippen molar-refractivity contribution < 1.29 is 0 Å². The average molecular weight is 170 g/mol. The van der Waals surface area contributed by atoms with Gasteiger partial charge in [0.1, 0.15) is 0 Å². The highest BCUT2D eigenvalue weighted by atomic mass is 32.2. The minimum Gasteiger partial charge on any atom is -0.177 e. The van der Waals surface area contributed by atoms with Gasteiger partial charge in [-0.25, -0.2) is 0 Å². The van der Waals surface area contributed by atoms with Gasteiger partial charge >= 0.3 is 0 Å². The Morgan fingerprint density at radius 2 is 2.45 bits per heavy atom. The fraction of sp³-hybridized carbons (Fsp3) is 0.833. The van der Waals surface area contributed by atoms with Gasteiger partial charge in [-0.2, -0.15) is 17.0 Å². The van der Waals surface area contributed by atoms with Gasteiger partial charge < -0.3 is 0 Å². The molecule has 60 valence electrons. The van der Waals surface area contributed by atoms with E-state index in [1.54, 1.807) is 0 Å². The van der Waals surface area contributed by atoms with E-state index in [-0.39, 0.29) is 0 Å². The summed E-state index contributed by atoms with van der Waals surface area (Å²) < 4.78 is 0. The SMILES string of the molecule is C1CCC(c2nn[nH]n2)SC1. The highest BCUT2D eigenvalue weighted by Gasteiger charge is 2.19.